The lowest BCUT2D eigenvalue weighted by atomic mass is 10.3. The van der Waals surface area contributed by atoms with E-state index in [9.17, 15) is 0 Å². The number of nitrogens with one attached hydrogen (secondary N) is 2. The lowest BCUT2D eigenvalue weighted by molar-refractivity contribution is 1.59. The number of halogens is 3. The highest BCUT2D eigenvalue weighted by Gasteiger charge is 2.06. The fourth-order valence-corrected chi connectivity index (χ4v) is 2.22. The Labute approximate surface area is 131 Å². The largest absolute Gasteiger partial charge is 0.332 e. The van der Waals surface area contributed by atoms with Crippen molar-refractivity contribution in [2.75, 3.05) is 10.6 Å². The minimum absolute atomic E-state index is 0.409. The van der Waals surface area contributed by atoms with E-state index in [2.05, 4.69) is 10.6 Å². The van der Waals surface area contributed by atoms with Crippen LogP contribution < -0.4 is 10.6 Å². The molecule has 0 radical (unpaired) electrons. The summed E-state index contributed by atoms with van der Waals surface area (Å²) < 4.78 is 0. The van der Waals surface area contributed by atoms with Crippen LogP contribution in [0.4, 0.5) is 11.4 Å². The van der Waals surface area contributed by atoms with E-state index in [4.69, 9.17) is 47.0 Å². The summed E-state index contributed by atoms with van der Waals surface area (Å²) in [5.74, 6) is 0. The molecule has 6 heteroatoms. The standard InChI is InChI=1S/C13H9Cl3N2S/c14-8-3-1-4-9(7-8)17-13(19)18-11-6-2-5-10(15)12(11)16/h1-7H,(H2,17,18,19). The van der Waals surface area contributed by atoms with Crippen LogP contribution in [0.2, 0.25) is 15.1 Å². The number of hydrogen-bond acceptors (Lipinski definition) is 1. The SMILES string of the molecule is S=C(Nc1cccc(Cl)c1)Nc1cccc(Cl)c1Cl. The zero-order valence-electron chi connectivity index (χ0n) is 9.58. The Morgan fingerprint density at radius 2 is 1.68 bits per heavy atom. The molecule has 2 aromatic carbocycles. The summed E-state index contributed by atoms with van der Waals surface area (Å²) in [5, 5.41) is 7.93. The van der Waals surface area contributed by atoms with E-state index in [1.54, 1.807) is 30.3 Å². The molecule has 0 aliphatic heterocycles. The van der Waals surface area contributed by atoms with Gasteiger partial charge in [0.15, 0.2) is 5.11 Å². The topological polar surface area (TPSA) is 24.1 Å². The molecule has 0 aliphatic carbocycles. The number of thiocarbonyl (C=S) groups is 1. The zero-order valence-corrected chi connectivity index (χ0v) is 12.7. The molecule has 0 spiro atoms. The quantitative estimate of drug-likeness (QED) is 0.715. The summed E-state index contributed by atoms with van der Waals surface area (Å²) in [4.78, 5) is 0. The molecular formula is C13H9Cl3N2S. The Bertz CT molecular complexity index is 617. The molecule has 0 atom stereocenters. The predicted molar refractivity (Wildman–Crippen MR) is 87.8 cm³/mol. The first-order chi connectivity index (χ1) is 9.06. The first-order valence-corrected chi connectivity index (χ1v) is 6.88. The summed E-state index contributed by atoms with van der Waals surface area (Å²) in [6.45, 7) is 0. The van der Waals surface area contributed by atoms with Crippen molar-refractivity contribution >= 4 is 63.5 Å². The summed E-state index contributed by atoms with van der Waals surface area (Å²) in [6.07, 6.45) is 0. The maximum absolute atomic E-state index is 6.06. The Hall–Kier alpha value is -1.000. The third kappa shape index (κ3) is 3.98. The number of anilines is 2. The van der Waals surface area contributed by atoms with Gasteiger partial charge in [-0.1, -0.05) is 46.9 Å². The zero-order chi connectivity index (χ0) is 13.8. The number of benzene rings is 2. The molecule has 2 aromatic rings. The molecule has 2 nitrogen and oxygen atoms in total. The van der Waals surface area contributed by atoms with E-state index in [0.717, 1.165) is 5.69 Å². The van der Waals surface area contributed by atoms with Gasteiger partial charge in [0.05, 0.1) is 15.7 Å². The van der Waals surface area contributed by atoms with Crippen LogP contribution in [-0.2, 0) is 0 Å². The smallest absolute Gasteiger partial charge is 0.175 e. The maximum atomic E-state index is 6.06. The monoisotopic (exact) mass is 330 g/mol. The Kier molecular flexibility index (Phi) is 4.88. The van der Waals surface area contributed by atoms with Crippen LogP contribution in [0.5, 0.6) is 0 Å². The van der Waals surface area contributed by atoms with E-state index in [1.165, 1.54) is 0 Å². The second-order valence-corrected chi connectivity index (χ2v) is 5.32. The molecule has 0 aromatic heterocycles. The van der Waals surface area contributed by atoms with E-state index < -0.39 is 0 Å². The normalized spacial score (nSPS) is 10.1. The maximum Gasteiger partial charge on any atom is 0.175 e. The molecule has 0 saturated heterocycles. The second-order valence-electron chi connectivity index (χ2n) is 3.69. The third-order valence-electron chi connectivity index (χ3n) is 2.28. The summed E-state index contributed by atoms with van der Waals surface area (Å²) in [6, 6.07) is 12.5. The van der Waals surface area contributed by atoms with Gasteiger partial charge >= 0.3 is 0 Å². The summed E-state index contributed by atoms with van der Waals surface area (Å²) in [7, 11) is 0. The molecule has 0 unspecified atom stereocenters. The van der Waals surface area contributed by atoms with Crippen LogP contribution in [0.25, 0.3) is 0 Å². The van der Waals surface area contributed by atoms with Gasteiger partial charge in [-0.05, 0) is 42.5 Å². The van der Waals surface area contributed by atoms with Gasteiger partial charge in [0.1, 0.15) is 0 Å². The predicted octanol–water partition coefficient (Wildman–Crippen LogP) is 5.46. The van der Waals surface area contributed by atoms with Crippen LogP contribution in [0, 0.1) is 0 Å². The minimum atomic E-state index is 0.409. The van der Waals surface area contributed by atoms with Crippen LogP contribution in [0.1, 0.15) is 0 Å². The highest BCUT2D eigenvalue weighted by Crippen LogP contribution is 2.29. The Balaban J connectivity index is 2.08. The van der Waals surface area contributed by atoms with Gasteiger partial charge < -0.3 is 10.6 Å². The molecule has 0 fully saturated rings. The Morgan fingerprint density at radius 1 is 0.947 bits per heavy atom. The molecule has 0 saturated carbocycles. The first-order valence-electron chi connectivity index (χ1n) is 5.34. The molecule has 0 aliphatic rings. The van der Waals surface area contributed by atoms with Crippen molar-refractivity contribution in [1.29, 1.82) is 0 Å². The van der Waals surface area contributed by atoms with Gasteiger partial charge in [-0.2, -0.15) is 0 Å². The van der Waals surface area contributed by atoms with Crippen LogP contribution in [0.3, 0.4) is 0 Å². The van der Waals surface area contributed by atoms with Crippen molar-refractivity contribution in [1.82, 2.24) is 0 Å². The molecule has 98 valence electrons. The first kappa shape index (κ1) is 14.4. The second kappa shape index (κ2) is 6.44. The fourth-order valence-electron chi connectivity index (χ4n) is 1.45. The minimum Gasteiger partial charge on any atom is -0.332 e. The van der Waals surface area contributed by atoms with E-state index in [-0.39, 0.29) is 0 Å². The summed E-state index contributed by atoms with van der Waals surface area (Å²) >= 11 is 23.1. The molecular weight excluding hydrogens is 323 g/mol. The summed E-state index contributed by atoms with van der Waals surface area (Å²) in [5.41, 5.74) is 1.44. The van der Waals surface area contributed by atoms with Crippen LogP contribution >= 0.6 is 47.0 Å². The van der Waals surface area contributed by atoms with Gasteiger partial charge in [-0.3, -0.25) is 0 Å². The van der Waals surface area contributed by atoms with Gasteiger partial charge in [-0.25, -0.2) is 0 Å². The van der Waals surface area contributed by atoms with Gasteiger partial charge in [0.2, 0.25) is 0 Å². The molecule has 0 bridgehead atoms. The lowest BCUT2D eigenvalue weighted by Crippen LogP contribution is -2.19. The van der Waals surface area contributed by atoms with Crippen molar-refractivity contribution in [3.8, 4) is 0 Å². The Morgan fingerprint density at radius 3 is 2.42 bits per heavy atom. The molecule has 2 rings (SSSR count). The average molecular weight is 332 g/mol. The van der Waals surface area contributed by atoms with E-state index in [0.29, 0.717) is 25.9 Å². The van der Waals surface area contributed by atoms with Crippen LogP contribution in [-0.4, -0.2) is 5.11 Å². The average Bonchev–Trinajstić information content (AvgIpc) is 2.35. The fraction of sp³-hybridized carbons (Fsp3) is 0. The molecule has 0 heterocycles. The lowest BCUT2D eigenvalue weighted by Gasteiger charge is -2.12. The van der Waals surface area contributed by atoms with Gasteiger partial charge in [0.25, 0.3) is 0 Å². The van der Waals surface area contributed by atoms with Crippen molar-refractivity contribution in [3.05, 3.63) is 57.5 Å². The number of hydrogen-bond donors (Lipinski definition) is 2. The molecule has 2 N–H and O–H groups in total. The van der Waals surface area contributed by atoms with E-state index in [1.807, 2.05) is 12.1 Å². The number of rotatable bonds is 2. The van der Waals surface area contributed by atoms with Crippen LogP contribution in [0.15, 0.2) is 42.5 Å². The van der Waals surface area contributed by atoms with Crippen molar-refractivity contribution in [2.24, 2.45) is 0 Å². The van der Waals surface area contributed by atoms with Crippen molar-refractivity contribution in [2.45, 2.75) is 0 Å². The van der Waals surface area contributed by atoms with Gasteiger partial charge in [0, 0.05) is 10.7 Å². The van der Waals surface area contributed by atoms with Gasteiger partial charge in [-0.15, -0.1) is 0 Å². The molecule has 19 heavy (non-hydrogen) atoms. The van der Waals surface area contributed by atoms with Crippen molar-refractivity contribution in [3.63, 3.8) is 0 Å². The van der Waals surface area contributed by atoms with E-state index >= 15 is 0 Å². The highest BCUT2D eigenvalue weighted by atomic mass is 35.5. The molecule has 0 amide bonds. The highest BCUT2D eigenvalue weighted by molar-refractivity contribution is 7.80. The van der Waals surface area contributed by atoms with Crippen molar-refractivity contribution < 1.29 is 0 Å². The third-order valence-corrected chi connectivity index (χ3v) is 3.54.